The Labute approximate surface area is 133 Å². The molecule has 1 aromatic heterocycles. The van der Waals surface area contributed by atoms with Crippen LogP contribution in [-0.2, 0) is 19.2 Å². The largest absolute Gasteiger partial charge is 0.356 e. The molecule has 0 saturated heterocycles. The average Bonchev–Trinajstić information content (AvgIpc) is 2.52. The van der Waals surface area contributed by atoms with E-state index in [0.29, 0.717) is 12.0 Å². The number of pyridine rings is 1. The lowest BCUT2D eigenvalue weighted by Crippen LogP contribution is -2.30. The quantitative estimate of drug-likeness (QED) is 0.436. The van der Waals surface area contributed by atoms with Gasteiger partial charge in [-0.1, -0.05) is 6.07 Å². The third-order valence-corrected chi connectivity index (χ3v) is 2.58. The van der Waals surface area contributed by atoms with Crippen LogP contribution in [0.15, 0.2) is 30.5 Å². The molecular weight excluding hydrogens is 300 g/mol. The Kier molecular flexibility index (Phi) is 7.70. The minimum atomic E-state index is -0.528. The van der Waals surface area contributed by atoms with Crippen molar-refractivity contribution in [2.24, 2.45) is 0 Å². The molecule has 0 bridgehead atoms. The third-order valence-electron chi connectivity index (χ3n) is 2.58. The summed E-state index contributed by atoms with van der Waals surface area (Å²) in [6, 6.07) is 5.04. The number of carbonyl (C=O) groups excluding carboxylic acids is 4. The molecule has 3 N–H and O–H groups in total. The van der Waals surface area contributed by atoms with E-state index in [-0.39, 0.29) is 37.0 Å². The van der Waals surface area contributed by atoms with Crippen LogP contribution in [0.1, 0.15) is 19.0 Å². The van der Waals surface area contributed by atoms with Crippen molar-refractivity contribution in [3.63, 3.8) is 0 Å². The molecule has 0 aromatic carbocycles. The zero-order valence-electron chi connectivity index (χ0n) is 12.7. The van der Waals surface area contributed by atoms with E-state index in [1.807, 2.05) is 0 Å². The molecule has 0 spiro atoms. The van der Waals surface area contributed by atoms with Crippen molar-refractivity contribution in [2.45, 2.75) is 13.3 Å². The first kappa shape index (κ1) is 18.0. The molecule has 1 rings (SSSR count). The summed E-state index contributed by atoms with van der Waals surface area (Å²) in [6.45, 7) is 1.42. The van der Waals surface area contributed by atoms with Gasteiger partial charge in [0.2, 0.25) is 17.7 Å². The van der Waals surface area contributed by atoms with E-state index >= 15 is 0 Å². The predicted octanol–water partition coefficient (Wildman–Crippen LogP) is -0.620. The summed E-state index contributed by atoms with van der Waals surface area (Å²) in [5.74, 6) is -1.13. The van der Waals surface area contributed by atoms with Crippen LogP contribution in [0.4, 0.5) is 0 Å². The molecule has 0 radical (unpaired) electrons. The first-order valence-corrected chi connectivity index (χ1v) is 6.91. The Morgan fingerprint density at radius 1 is 1.22 bits per heavy atom. The summed E-state index contributed by atoms with van der Waals surface area (Å²) in [5, 5.41) is 7.42. The van der Waals surface area contributed by atoms with Gasteiger partial charge in [-0.15, -0.1) is 0 Å². The van der Waals surface area contributed by atoms with Crippen molar-refractivity contribution in [2.75, 3.05) is 13.1 Å². The van der Waals surface area contributed by atoms with E-state index in [9.17, 15) is 19.2 Å². The fourth-order valence-electron chi connectivity index (χ4n) is 1.59. The minimum absolute atomic E-state index is 0.0553. The summed E-state index contributed by atoms with van der Waals surface area (Å²) >= 11 is 0. The van der Waals surface area contributed by atoms with Gasteiger partial charge < -0.3 is 20.7 Å². The van der Waals surface area contributed by atoms with Crippen molar-refractivity contribution >= 4 is 29.7 Å². The normalized spacial score (nSPS) is 10.6. The van der Waals surface area contributed by atoms with Crippen molar-refractivity contribution in [1.29, 1.82) is 0 Å². The Hall–Kier alpha value is -3.03. The highest BCUT2D eigenvalue weighted by Crippen LogP contribution is 2.07. The summed E-state index contributed by atoms with van der Waals surface area (Å²) < 4.78 is 0. The second-order valence-corrected chi connectivity index (χ2v) is 4.47. The van der Waals surface area contributed by atoms with Gasteiger partial charge in [0.25, 0.3) is 0 Å². The molecule has 8 nitrogen and oxygen atoms in total. The highest BCUT2D eigenvalue weighted by molar-refractivity contribution is 5.98. The van der Waals surface area contributed by atoms with Gasteiger partial charge in [-0.05, 0) is 12.1 Å². The topological polar surface area (TPSA) is 117 Å². The predicted molar refractivity (Wildman–Crippen MR) is 82.7 cm³/mol. The first-order chi connectivity index (χ1) is 11.0. The molecule has 0 aliphatic rings. The maximum absolute atomic E-state index is 11.9. The standard InChI is InChI=1S/C15H18N4O4/c1-11(21)16-7-5-14(22)19-13(10-15(23)18-8-9-20)12-4-2-3-6-17-12/h2-4,6,9-10H,5,7-8H2,1H3,(H,16,21)(H,18,23)(H,19,22). The van der Waals surface area contributed by atoms with Gasteiger partial charge in [-0.2, -0.15) is 0 Å². The molecule has 0 fully saturated rings. The fraction of sp³-hybridized carbons (Fsp3) is 0.267. The molecule has 122 valence electrons. The second-order valence-electron chi connectivity index (χ2n) is 4.47. The maximum Gasteiger partial charge on any atom is 0.246 e. The van der Waals surface area contributed by atoms with E-state index in [2.05, 4.69) is 20.9 Å². The summed E-state index contributed by atoms with van der Waals surface area (Å²) in [6.07, 6.45) is 3.29. The lowest BCUT2D eigenvalue weighted by Gasteiger charge is -2.10. The highest BCUT2D eigenvalue weighted by Gasteiger charge is 2.10. The van der Waals surface area contributed by atoms with Gasteiger partial charge in [0.1, 0.15) is 6.29 Å². The van der Waals surface area contributed by atoms with Crippen molar-refractivity contribution < 1.29 is 19.2 Å². The molecule has 23 heavy (non-hydrogen) atoms. The number of rotatable bonds is 8. The maximum atomic E-state index is 11.9. The highest BCUT2D eigenvalue weighted by atomic mass is 16.2. The lowest BCUT2D eigenvalue weighted by molar-refractivity contribution is -0.120. The van der Waals surface area contributed by atoms with Gasteiger partial charge in [0, 0.05) is 32.2 Å². The fourth-order valence-corrected chi connectivity index (χ4v) is 1.59. The van der Waals surface area contributed by atoms with Crippen LogP contribution >= 0.6 is 0 Å². The molecule has 3 amide bonds. The van der Waals surface area contributed by atoms with Gasteiger partial charge in [-0.25, -0.2) is 0 Å². The van der Waals surface area contributed by atoms with Crippen LogP contribution in [0.5, 0.6) is 0 Å². The van der Waals surface area contributed by atoms with Crippen LogP contribution in [0, 0.1) is 0 Å². The molecule has 0 atom stereocenters. The molecule has 0 unspecified atom stereocenters. The number of amides is 3. The van der Waals surface area contributed by atoms with Crippen LogP contribution in [-0.4, -0.2) is 42.1 Å². The number of aldehydes is 1. The first-order valence-electron chi connectivity index (χ1n) is 6.91. The van der Waals surface area contributed by atoms with E-state index < -0.39 is 5.91 Å². The summed E-state index contributed by atoms with van der Waals surface area (Å²) in [7, 11) is 0. The zero-order chi connectivity index (χ0) is 17.1. The number of nitrogens with one attached hydrogen (secondary N) is 3. The SMILES string of the molecule is CC(=O)NCCC(=O)NC(=CC(=O)NCC=O)c1ccccn1. The Balaban J connectivity index is 2.77. The lowest BCUT2D eigenvalue weighted by atomic mass is 10.2. The molecule has 0 aliphatic heterocycles. The van der Waals surface area contributed by atoms with Crippen LogP contribution in [0.3, 0.4) is 0 Å². The summed E-state index contributed by atoms with van der Waals surface area (Å²) in [4.78, 5) is 48.7. The van der Waals surface area contributed by atoms with Crippen molar-refractivity contribution in [3.8, 4) is 0 Å². The second kappa shape index (κ2) is 9.82. The van der Waals surface area contributed by atoms with E-state index in [1.165, 1.54) is 13.1 Å². The number of hydrogen-bond donors (Lipinski definition) is 3. The van der Waals surface area contributed by atoms with E-state index in [0.717, 1.165) is 6.08 Å². The van der Waals surface area contributed by atoms with Gasteiger partial charge in [0.15, 0.2) is 0 Å². The molecule has 1 heterocycles. The van der Waals surface area contributed by atoms with E-state index in [1.54, 1.807) is 18.2 Å². The van der Waals surface area contributed by atoms with Crippen molar-refractivity contribution in [3.05, 3.63) is 36.2 Å². The molecular formula is C15H18N4O4. The smallest absolute Gasteiger partial charge is 0.246 e. The molecule has 0 aliphatic carbocycles. The molecule has 0 saturated carbocycles. The zero-order valence-corrected chi connectivity index (χ0v) is 12.7. The molecule has 1 aromatic rings. The van der Waals surface area contributed by atoms with Gasteiger partial charge >= 0.3 is 0 Å². The minimum Gasteiger partial charge on any atom is -0.356 e. The Bertz CT molecular complexity index is 599. The Morgan fingerprint density at radius 2 is 2.00 bits per heavy atom. The van der Waals surface area contributed by atoms with Gasteiger partial charge in [0.05, 0.1) is 17.9 Å². The Morgan fingerprint density at radius 3 is 2.61 bits per heavy atom. The van der Waals surface area contributed by atoms with Gasteiger partial charge in [-0.3, -0.25) is 19.4 Å². The van der Waals surface area contributed by atoms with Crippen molar-refractivity contribution in [1.82, 2.24) is 20.9 Å². The van der Waals surface area contributed by atoms with E-state index in [4.69, 9.17) is 0 Å². The molecule has 8 heteroatoms. The van der Waals surface area contributed by atoms with Crippen LogP contribution in [0.2, 0.25) is 0 Å². The van der Waals surface area contributed by atoms with Crippen LogP contribution < -0.4 is 16.0 Å². The van der Waals surface area contributed by atoms with Crippen LogP contribution in [0.25, 0.3) is 5.70 Å². The number of nitrogens with zero attached hydrogens (tertiary/aromatic N) is 1. The summed E-state index contributed by atoms with van der Waals surface area (Å²) in [5.41, 5.74) is 0.614. The number of aromatic nitrogens is 1. The number of carbonyl (C=O) groups is 4. The monoisotopic (exact) mass is 318 g/mol. The third kappa shape index (κ3) is 7.51. The average molecular weight is 318 g/mol. The number of hydrogen-bond acceptors (Lipinski definition) is 5.